The molecule has 0 spiro atoms. The van der Waals surface area contributed by atoms with Gasteiger partial charge in [0.1, 0.15) is 0 Å². The summed E-state index contributed by atoms with van der Waals surface area (Å²) < 4.78 is 20.2. The topological polar surface area (TPSA) is 137 Å². The van der Waals surface area contributed by atoms with Crippen LogP contribution in [0.5, 0.6) is 0 Å². The van der Waals surface area contributed by atoms with E-state index in [0.29, 0.717) is 0 Å². The van der Waals surface area contributed by atoms with Gasteiger partial charge < -0.3 is 18.9 Å². The quantitative estimate of drug-likeness (QED) is 0.241. The van der Waals surface area contributed by atoms with E-state index < -0.39 is 42.4 Å². The molecule has 4 atom stereocenters. The molecule has 1 fully saturated rings. The summed E-state index contributed by atoms with van der Waals surface area (Å²) >= 11 is 0. The summed E-state index contributed by atoms with van der Waals surface area (Å²) in [5, 5.41) is 3.34. The largest absolute Gasteiger partial charge is 0.456 e. The van der Waals surface area contributed by atoms with Gasteiger partial charge in [0.2, 0.25) is 0 Å². The van der Waals surface area contributed by atoms with Crippen molar-refractivity contribution < 1.29 is 33.3 Å². The summed E-state index contributed by atoms with van der Waals surface area (Å²) in [7, 11) is 0. The molecule has 1 rings (SSSR count). The standard InChI is InChI=1S/C11H15N3O7/c1-5(15)19-8-4-18-11(13-14-12)10(21-7(3)17)9(8)20-6(2)16/h8-11H,4H2,1-3H3/t8-,9+,10-,11-/m0/s1. The lowest BCUT2D eigenvalue weighted by Crippen LogP contribution is -2.56. The number of azide groups is 1. The van der Waals surface area contributed by atoms with Crippen molar-refractivity contribution in [2.45, 2.75) is 45.3 Å². The van der Waals surface area contributed by atoms with Gasteiger partial charge in [-0.05, 0) is 5.53 Å². The van der Waals surface area contributed by atoms with Gasteiger partial charge in [-0.3, -0.25) is 14.4 Å². The summed E-state index contributed by atoms with van der Waals surface area (Å²) in [4.78, 5) is 36.0. The molecule has 10 heteroatoms. The predicted octanol–water partition coefficient (Wildman–Crippen LogP) is 0.448. The molecule has 0 saturated carbocycles. The van der Waals surface area contributed by atoms with Gasteiger partial charge in [-0.1, -0.05) is 5.11 Å². The van der Waals surface area contributed by atoms with Crippen LogP contribution < -0.4 is 0 Å². The van der Waals surface area contributed by atoms with E-state index in [-0.39, 0.29) is 6.61 Å². The first kappa shape index (κ1) is 16.7. The second-order valence-electron chi connectivity index (χ2n) is 4.22. The summed E-state index contributed by atoms with van der Waals surface area (Å²) in [5.74, 6) is -1.98. The number of hydrogen-bond acceptors (Lipinski definition) is 8. The van der Waals surface area contributed by atoms with Crippen LogP contribution in [-0.2, 0) is 33.3 Å². The van der Waals surface area contributed by atoms with E-state index in [2.05, 4.69) is 10.0 Å². The Morgan fingerprint density at radius 3 is 2.05 bits per heavy atom. The summed E-state index contributed by atoms with van der Waals surface area (Å²) in [6, 6.07) is 0. The zero-order chi connectivity index (χ0) is 16.0. The van der Waals surface area contributed by atoms with E-state index in [1.807, 2.05) is 0 Å². The van der Waals surface area contributed by atoms with Crippen LogP contribution in [0.1, 0.15) is 20.8 Å². The SMILES string of the molecule is CC(=O)O[C@H]1[C@H](OC(C)=O)[C@@H](N=[N+]=[N-])OC[C@@H]1OC(C)=O. The van der Waals surface area contributed by atoms with E-state index in [1.165, 1.54) is 6.92 Å². The average Bonchev–Trinajstić information content (AvgIpc) is 2.35. The minimum atomic E-state index is -1.21. The maximum Gasteiger partial charge on any atom is 0.303 e. The van der Waals surface area contributed by atoms with Gasteiger partial charge in [0.05, 0.1) is 6.61 Å². The molecule has 1 heterocycles. The Balaban J connectivity index is 3.05. The summed E-state index contributed by atoms with van der Waals surface area (Å²) in [6.07, 6.45) is -4.49. The zero-order valence-electron chi connectivity index (χ0n) is 11.7. The van der Waals surface area contributed by atoms with E-state index in [9.17, 15) is 14.4 Å². The molecule has 0 bridgehead atoms. The van der Waals surface area contributed by atoms with Crippen LogP contribution in [0.4, 0.5) is 0 Å². The first-order valence-electron chi connectivity index (χ1n) is 6.02. The van der Waals surface area contributed by atoms with Crippen molar-refractivity contribution in [3.8, 4) is 0 Å². The van der Waals surface area contributed by atoms with Crippen LogP contribution in [0.2, 0.25) is 0 Å². The van der Waals surface area contributed by atoms with Crippen molar-refractivity contribution in [3.05, 3.63) is 10.4 Å². The fourth-order valence-electron chi connectivity index (χ4n) is 1.87. The van der Waals surface area contributed by atoms with E-state index in [1.54, 1.807) is 0 Å². The highest BCUT2D eigenvalue weighted by Crippen LogP contribution is 2.25. The molecule has 1 aliphatic heterocycles. The van der Waals surface area contributed by atoms with Crippen LogP contribution >= 0.6 is 0 Å². The Kier molecular flexibility index (Phi) is 5.94. The van der Waals surface area contributed by atoms with Gasteiger partial charge in [-0.2, -0.15) is 0 Å². The average molecular weight is 301 g/mol. The second-order valence-corrected chi connectivity index (χ2v) is 4.22. The van der Waals surface area contributed by atoms with Gasteiger partial charge in [0, 0.05) is 25.7 Å². The van der Waals surface area contributed by atoms with Crippen LogP contribution in [0.25, 0.3) is 10.4 Å². The molecule has 10 nitrogen and oxygen atoms in total. The van der Waals surface area contributed by atoms with Crippen LogP contribution in [0.3, 0.4) is 0 Å². The number of carbonyl (C=O) groups is 3. The van der Waals surface area contributed by atoms with Crippen molar-refractivity contribution in [2.24, 2.45) is 5.11 Å². The highest BCUT2D eigenvalue weighted by atomic mass is 16.6. The number of rotatable bonds is 4. The lowest BCUT2D eigenvalue weighted by molar-refractivity contribution is -0.224. The molecule has 1 aliphatic rings. The molecule has 116 valence electrons. The molecular weight excluding hydrogens is 286 g/mol. The molecule has 0 aliphatic carbocycles. The van der Waals surface area contributed by atoms with Crippen LogP contribution in [0, 0.1) is 0 Å². The highest BCUT2D eigenvalue weighted by Gasteiger charge is 2.46. The van der Waals surface area contributed by atoms with E-state index in [4.69, 9.17) is 24.5 Å². The first-order valence-corrected chi connectivity index (χ1v) is 6.02. The van der Waals surface area contributed by atoms with Gasteiger partial charge in [0.15, 0.2) is 24.5 Å². The van der Waals surface area contributed by atoms with Gasteiger partial charge in [-0.25, -0.2) is 0 Å². The minimum Gasteiger partial charge on any atom is -0.456 e. The number of nitrogens with zero attached hydrogens (tertiary/aromatic N) is 3. The fourth-order valence-corrected chi connectivity index (χ4v) is 1.87. The predicted molar refractivity (Wildman–Crippen MR) is 65.5 cm³/mol. The molecule has 0 N–H and O–H groups in total. The third kappa shape index (κ3) is 4.93. The summed E-state index contributed by atoms with van der Waals surface area (Å²) in [5.41, 5.74) is 8.49. The van der Waals surface area contributed by atoms with Gasteiger partial charge in [0.25, 0.3) is 0 Å². The molecule has 0 aromatic rings. The molecule has 0 amide bonds. The normalized spacial score (nSPS) is 28.0. The molecule has 0 radical (unpaired) electrons. The fraction of sp³-hybridized carbons (Fsp3) is 0.727. The molecular formula is C11H15N3O7. The third-order valence-corrected chi connectivity index (χ3v) is 2.49. The molecule has 0 unspecified atom stereocenters. The lowest BCUT2D eigenvalue weighted by atomic mass is 10.0. The van der Waals surface area contributed by atoms with Crippen molar-refractivity contribution in [2.75, 3.05) is 6.61 Å². The Bertz CT molecular complexity index is 474. The summed E-state index contributed by atoms with van der Waals surface area (Å²) in [6.45, 7) is 3.28. The lowest BCUT2D eigenvalue weighted by Gasteiger charge is -2.38. The smallest absolute Gasteiger partial charge is 0.303 e. The Labute approximate surface area is 119 Å². The van der Waals surface area contributed by atoms with Crippen molar-refractivity contribution >= 4 is 17.9 Å². The monoisotopic (exact) mass is 301 g/mol. The first-order chi connectivity index (χ1) is 9.85. The Morgan fingerprint density at radius 2 is 1.57 bits per heavy atom. The van der Waals surface area contributed by atoms with Crippen molar-refractivity contribution in [3.63, 3.8) is 0 Å². The molecule has 0 aromatic carbocycles. The highest BCUT2D eigenvalue weighted by molar-refractivity contribution is 5.68. The number of esters is 3. The third-order valence-electron chi connectivity index (χ3n) is 2.49. The van der Waals surface area contributed by atoms with Crippen LogP contribution in [-0.4, -0.2) is 49.1 Å². The zero-order valence-corrected chi connectivity index (χ0v) is 11.7. The number of ether oxygens (including phenoxy) is 4. The second kappa shape index (κ2) is 7.46. The Morgan fingerprint density at radius 1 is 1.05 bits per heavy atom. The minimum absolute atomic E-state index is 0.168. The number of carbonyl (C=O) groups excluding carboxylic acids is 3. The molecule has 0 aromatic heterocycles. The maximum absolute atomic E-state index is 11.2. The number of hydrogen-bond donors (Lipinski definition) is 0. The van der Waals surface area contributed by atoms with Gasteiger partial charge >= 0.3 is 17.9 Å². The van der Waals surface area contributed by atoms with Crippen LogP contribution in [0.15, 0.2) is 5.11 Å². The van der Waals surface area contributed by atoms with Gasteiger partial charge in [-0.15, -0.1) is 0 Å². The van der Waals surface area contributed by atoms with E-state index >= 15 is 0 Å². The molecule has 21 heavy (non-hydrogen) atoms. The molecule has 1 saturated heterocycles. The Hall–Kier alpha value is -2.32. The maximum atomic E-state index is 11.2. The van der Waals surface area contributed by atoms with Crippen molar-refractivity contribution in [1.82, 2.24) is 0 Å². The van der Waals surface area contributed by atoms with Crippen molar-refractivity contribution in [1.29, 1.82) is 0 Å². The van der Waals surface area contributed by atoms with E-state index in [0.717, 1.165) is 13.8 Å².